The van der Waals surface area contributed by atoms with Crippen LogP contribution in [0.4, 0.5) is 8.78 Å². The molecular weight excluding hydrogens is 364 g/mol. The Labute approximate surface area is 157 Å². The lowest BCUT2D eigenvalue weighted by Gasteiger charge is -2.24. The fourth-order valence-electron chi connectivity index (χ4n) is 3.50. The van der Waals surface area contributed by atoms with E-state index < -0.39 is 17.1 Å². The van der Waals surface area contributed by atoms with Gasteiger partial charge in [-0.25, -0.2) is 4.39 Å². The molecule has 0 atom stereocenters. The van der Waals surface area contributed by atoms with Crippen LogP contribution in [0.25, 0.3) is 27.7 Å². The van der Waals surface area contributed by atoms with Crippen molar-refractivity contribution in [1.82, 2.24) is 4.57 Å². The first-order valence-electron chi connectivity index (χ1n) is 8.48. The van der Waals surface area contributed by atoms with E-state index in [0.29, 0.717) is 17.7 Å². The van der Waals surface area contributed by atoms with Gasteiger partial charge in [-0.1, -0.05) is 36.4 Å². The van der Waals surface area contributed by atoms with Crippen LogP contribution in [0.5, 0.6) is 11.5 Å². The van der Waals surface area contributed by atoms with Gasteiger partial charge in [-0.15, -0.1) is 0 Å². The Bertz CT molecular complexity index is 1340. The quantitative estimate of drug-likeness (QED) is 0.414. The molecule has 0 spiro atoms. The summed E-state index contributed by atoms with van der Waals surface area (Å²) in [6.45, 7) is 0. The number of ether oxygens (including phenoxy) is 1. The molecule has 3 aromatic carbocycles. The summed E-state index contributed by atoms with van der Waals surface area (Å²) >= 11 is 0. The molecular formula is C22H11F2NO3. The van der Waals surface area contributed by atoms with Gasteiger partial charge in [0, 0.05) is 6.20 Å². The zero-order chi connectivity index (χ0) is 19.4. The maximum absolute atomic E-state index is 14.4. The van der Waals surface area contributed by atoms with E-state index in [9.17, 15) is 18.4 Å². The van der Waals surface area contributed by atoms with Crippen LogP contribution in [0, 0.1) is 11.6 Å². The van der Waals surface area contributed by atoms with E-state index in [1.807, 2.05) is 36.4 Å². The van der Waals surface area contributed by atoms with Crippen molar-refractivity contribution in [3.05, 3.63) is 88.2 Å². The largest absolute Gasteiger partial charge is 0.450 e. The van der Waals surface area contributed by atoms with Gasteiger partial charge in [0.15, 0.2) is 29.0 Å². The molecule has 0 fully saturated rings. The molecule has 0 saturated heterocycles. The zero-order valence-corrected chi connectivity index (χ0v) is 14.3. The van der Waals surface area contributed by atoms with E-state index in [2.05, 4.69) is 0 Å². The standard InChI is InChI=1S/C22H11F2NO3/c23-16-9-15-20-22(19(16)24)28-18-7-6-13(12-4-2-1-3-5-12)8-17(18)25(20)10-14(11-26)21(15)27/h1-11H. The second-order valence-electron chi connectivity index (χ2n) is 6.45. The van der Waals surface area contributed by atoms with Gasteiger partial charge in [0.25, 0.3) is 0 Å². The summed E-state index contributed by atoms with van der Waals surface area (Å²) in [6.07, 6.45) is 1.73. The smallest absolute Gasteiger partial charge is 0.203 e. The minimum atomic E-state index is -1.21. The zero-order valence-electron chi connectivity index (χ0n) is 14.3. The van der Waals surface area contributed by atoms with Gasteiger partial charge in [-0.05, 0) is 29.3 Å². The molecule has 6 heteroatoms. The molecule has 0 amide bonds. The topological polar surface area (TPSA) is 48.3 Å². The van der Waals surface area contributed by atoms with Crippen LogP contribution in [0.3, 0.4) is 0 Å². The number of rotatable bonds is 2. The number of benzene rings is 3. The van der Waals surface area contributed by atoms with Gasteiger partial charge in [0.05, 0.1) is 16.6 Å². The van der Waals surface area contributed by atoms with Crippen molar-refractivity contribution in [1.29, 1.82) is 0 Å². The first-order chi connectivity index (χ1) is 13.6. The predicted molar refractivity (Wildman–Crippen MR) is 100 cm³/mol. The highest BCUT2D eigenvalue weighted by atomic mass is 19.2. The number of nitrogens with zero attached hydrogens (tertiary/aromatic N) is 1. The summed E-state index contributed by atoms with van der Waals surface area (Å²) in [4.78, 5) is 23.9. The summed E-state index contributed by atoms with van der Waals surface area (Å²) in [5.74, 6) is -2.47. The highest BCUT2D eigenvalue weighted by molar-refractivity contribution is 5.93. The molecule has 4 nitrogen and oxygen atoms in total. The van der Waals surface area contributed by atoms with Crippen molar-refractivity contribution in [2.45, 2.75) is 0 Å². The van der Waals surface area contributed by atoms with E-state index in [4.69, 9.17) is 4.74 Å². The second kappa shape index (κ2) is 5.85. The fourth-order valence-corrected chi connectivity index (χ4v) is 3.50. The summed E-state index contributed by atoms with van der Waals surface area (Å²) in [7, 11) is 0. The number of hydrogen-bond donors (Lipinski definition) is 0. The molecule has 1 aliphatic rings. The SMILES string of the molecule is O=Cc1cn2c3c(c(F)c(F)cc3c1=O)Oc1ccc(-c3ccccc3)cc1-2. The normalized spacial score (nSPS) is 11.8. The van der Waals surface area contributed by atoms with Crippen molar-refractivity contribution < 1.29 is 18.3 Å². The number of pyridine rings is 1. The molecule has 1 aliphatic heterocycles. The van der Waals surface area contributed by atoms with Crippen molar-refractivity contribution >= 4 is 17.2 Å². The Morgan fingerprint density at radius 2 is 1.75 bits per heavy atom. The molecule has 0 aliphatic carbocycles. The summed E-state index contributed by atoms with van der Waals surface area (Å²) in [5, 5.41) is -0.116. The number of halogens is 2. The minimum absolute atomic E-state index is 0.0900. The number of aromatic nitrogens is 1. The van der Waals surface area contributed by atoms with Crippen molar-refractivity contribution in [2.75, 3.05) is 0 Å². The molecule has 0 radical (unpaired) electrons. The van der Waals surface area contributed by atoms with Crippen molar-refractivity contribution in [2.24, 2.45) is 0 Å². The maximum atomic E-state index is 14.4. The van der Waals surface area contributed by atoms with Gasteiger partial charge < -0.3 is 9.30 Å². The minimum Gasteiger partial charge on any atom is -0.450 e. The van der Waals surface area contributed by atoms with Crippen molar-refractivity contribution in [3.63, 3.8) is 0 Å². The van der Waals surface area contributed by atoms with Gasteiger partial charge in [0.2, 0.25) is 5.82 Å². The van der Waals surface area contributed by atoms with Crippen LogP contribution in [0.2, 0.25) is 0 Å². The molecule has 0 N–H and O–H groups in total. The lowest BCUT2D eigenvalue weighted by molar-refractivity contribution is 0.112. The third kappa shape index (κ3) is 2.21. The maximum Gasteiger partial charge on any atom is 0.203 e. The average molecular weight is 375 g/mol. The van der Waals surface area contributed by atoms with Gasteiger partial charge in [0.1, 0.15) is 5.52 Å². The van der Waals surface area contributed by atoms with Gasteiger partial charge >= 0.3 is 0 Å². The Kier molecular flexibility index (Phi) is 3.42. The predicted octanol–water partition coefficient (Wildman–Crippen LogP) is 4.85. The Hall–Kier alpha value is -3.80. The molecule has 5 rings (SSSR count). The highest BCUT2D eigenvalue weighted by Gasteiger charge is 2.27. The Balaban J connectivity index is 1.89. The third-order valence-corrected chi connectivity index (χ3v) is 4.83. The number of aldehydes is 1. The van der Waals surface area contributed by atoms with Gasteiger partial charge in [-0.3, -0.25) is 9.59 Å². The Morgan fingerprint density at radius 3 is 2.50 bits per heavy atom. The van der Waals surface area contributed by atoms with Gasteiger partial charge in [-0.2, -0.15) is 4.39 Å². The first-order valence-corrected chi connectivity index (χ1v) is 8.48. The average Bonchev–Trinajstić information content (AvgIpc) is 2.73. The molecule has 28 heavy (non-hydrogen) atoms. The number of carbonyl (C=O) groups excluding carboxylic acids is 1. The second-order valence-corrected chi connectivity index (χ2v) is 6.45. The molecule has 0 unspecified atom stereocenters. The van der Waals surface area contributed by atoms with E-state index in [-0.39, 0.29) is 22.2 Å². The number of fused-ring (bicyclic) bond motifs is 2. The summed E-state index contributed by atoms with van der Waals surface area (Å²) in [6, 6.07) is 15.6. The molecule has 0 saturated carbocycles. The fraction of sp³-hybridized carbons (Fsp3) is 0. The van der Waals surface area contributed by atoms with E-state index >= 15 is 0 Å². The van der Waals surface area contributed by atoms with E-state index in [1.54, 1.807) is 12.1 Å². The molecule has 4 aromatic rings. The Morgan fingerprint density at radius 1 is 0.964 bits per heavy atom. The molecule has 0 bridgehead atoms. The number of hydrogen-bond acceptors (Lipinski definition) is 3. The van der Waals surface area contributed by atoms with Crippen LogP contribution >= 0.6 is 0 Å². The van der Waals surface area contributed by atoms with E-state index in [0.717, 1.165) is 17.2 Å². The number of carbonyl (C=O) groups is 1. The molecule has 1 aromatic heterocycles. The van der Waals surface area contributed by atoms with Crippen molar-refractivity contribution in [3.8, 4) is 28.3 Å². The lowest BCUT2D eigenvalue weighted by Crippen LogP contribution is -2.18. The lowest BCUT2D eigenvalue weighted by atomic mass is 10.0. The highest BCUT2D eigenvalue weighted by Crippen LogP contribution is 2.43. The molecule has 2 heterocycles. The third-order valence-electron chi connectivity index (χ3n) is 4.83. The van der Waals surface area contributed by atoms with Crippen LogP contribution in [0.1, 0.15) is 10.4 Å². The first kappa shape index (κ1) is 16.4. The summed E-state index contributed by atoms with van der Waals surface area (Å²) in [5.41, 5.74) is 1.61. The van der Waals surface area contributed by atoms with E-state index in [1.165, 1.54) is 10.8 Å². The van der Waals surface area contributed by atoms with Crippen LogP contribution in [-0.2, 0) is 0 Å². The van der Waals surface area contributed by atoms with Crippen LogP contribution < -0.4 is 10.2 Å². The molecule has 136 valence electrons. The van der Waals surface area contributed by atoms with Crippen LogP contribution in [-0.4, -0.2) is 10.9 Å². The summed E-state index contributed by atoms with van der Waals surface area (Å²) < 4.78 is 35.6. The monoisotopic (exact) mass is 375 g/mol. The van der Waals surface area contributed by atoms with Crippen LogP contribution in [0.15, 0.2) is 65.6 Å².